The largest absolute Gasteiger partial charge is 0.497 e. The van der Waals surface area contributed by atoms with Crippen LogP contribution in [-0.4, -0.2) is 40.0 Å². The highest BCUT2D eigenvalue weighted by atomic mass is 35.5. The van der Waals surface area contributed by atoms with Gasteiger partial charge in [0.25, 0.3) is 0 Å². The fourth-order valence-electron chi connectivity index (χ4n) is 3.23. The number of carbonyl (C=O) groups is 1. The highest BCUT2D eigenvalue weighted by molar-refractivity contribution is 7.99. The quantitative estimate of drug-likeness (QED) is 0.217. The molecule has 4 rings (SSSR count). The van der Waals surface area contributed by atoms with Gasteiger partial charge < -0.3 is 9.47 Å². The Morgan fingerprint density at radius 3 is 2.24 bits per heavy atom. The number of halogens is 1. The summed E-state index contributed by atoms with van der Waals surface area (Å²) in [5, 5.41) is 10.0. The summed E-state index contributed by atoms with van der Waals surface area (Å²) in [4.78, 5) is 12.7. The van der Waals surface area contributed by atoms with Gasteiger partial charge in [-0.3, -0.25) is 9.36 Å². The highest BCUT2D eigenvalue weighted by Crippen LogP contribution is 2.30. The lowest BCUT2D eigenvalue weighted by atomic mass is 10.1. The smallest absolute Gasteiger partial charge is 0.196 e. The van der Waals surface area contributed by atoms with Gasteiger partial charge >= 0.3 is 0 Å². The molecule has 3 aromatic carbocycles. The number of methoxy groups -OCH3 is 1. The number of aromatic nitrogens is 3. The molecule has 0 saturated carbocycles. The van der Waals surface area contributed by atoms with Crippen LogP contribution in [0.15, 0.2) is 78.0 Å². The van der Waals surface area contributed by atoms with E-state index in [1.54, 1.807) is 31.4 Å². The second-order valence-electron chi connectivity index (χ2n) is 7.02. The Kier molecular flexibility index (Phi) is 7.32. The molecule has 0 saturated heterocycles. The van der Waals surface area contributed by atoms with E-state index in [0.717, 1.165) is 22.7 Å². The standard InChI is InChI=1S/C25H22ClN3O3S/c1-3-32-22-14-10-20(11-15-22)29-24(18-6-12-21(31-2)13-7-18)27-28-25(29)33-16-23(30)17-4-8-19(26)9-5-17/h4-15H,3,16H2,1-2H3. The normalized spacial score (nSPS) is 10.8. The molecule has 8 heteroatoms. The summed E-state index contributed by atoms with van der Waals surface area (Å²) >= 11 is 7.27. The zero-order valence-electron chi connectivity index (χ0n) is 18.2. The Bertz CT molecular complexity index is 1220. The van der Waals surface area contributed by atoms with E-state index in [4.69, 9.17) is 21.1 Å². The fraction of sp³-hybridized carbons (Fsp3) is 0.160. The summed E-state index contributed by atoms with van der Waals surface area (Å²) in [6.07, 6.45) is 0. The summed E-state index contributed by atoms with van der Waals surface area (Å²) < 4.78 is 12.8. The Hall–Kier alpha value is -3.29. The monoisotopic (exact) mass is 479 g/mol. The fourth-order valence-corrected chi connectivity index (χ4v) is 4.20. The predicted molar refractivity (Wildman–Crippen MR) is 131 cm³/mol. The number of ketones is 1. The maximum atomic E-state index is 12.7. The molecule has 0 fully saturated rings. The molecule has 0 aliphatic heterocycles. The lowest BCUT2D eigenvalue weighted by Crippen LogP contribution is -2.05. The van der Waals surface area contributed by atoms with Gasteiger partial charge in [-0.2, -0.15) is 0 Å². The van der Waals surface area contributed by atoms with Gasteiger partial charge in [0.2, 0.25) is 0 Å². The minimum Gasteiger partial charge on any atom is -0.497 e. The zero-order chi connectivity index (χ0) is 23.2. The maximum Gasteiger partial charge on any atom is 0.196 e. The second-order valence-corrected chi connectivity index (χ2v) is 8.39. The number of hydrogen-bond donors (Lipinski definition) is 0. The molecule has 6 nitrogen and oxygen atoms in total. The number of thioether (sulfide) groups is 1. The van der Waals surface area contributed by atoms with Gasteiger partial charge in [-0.25, -0.2) is 0 Å². The molecule has 0 aliphatic rings. The second kappa shape index (κ2) is 10.6. The van der Waals surface area contributed by atoms with Crippen LogP contribution >= 0.6 is 23.4 Å². The van der Waals surface area contributed by atoms with E-state index in [2.05, 4.69) is 10.2 Å². The minimum atomic E-state index is -0.0103. The van der Waals surface area contributed by atoms with Crippen molar-refractivity contribution in [3.63, 3.8) is 0 Å². The number of nitrogens with zero attached hydrogens (tertiary/aromatic N) is 3. The third kappa shape index (κ3) is 5.38. The van der Waals surface area contributed by atoms with Crippen molar-refractivity contribution in [2.75, 3.05) is 19.5 Å². The van der Waals surface area contributed by atoms with Gasteiger partial charge in [-0.05, 0) is 79.7 Å². The minimum absolute atomic E-state index is 0.0103. The third-order valence-corrected chi connectivity index (χ3v) is 6.07. The van der Waals surface area contributed by atoms with Crippen molar-refractivity contribution >= 4 is 29.1 Å². The molecule has 0 N–H and O–H groups in total. The Labute approximate surface area is 201 Å². The van der Waals surface area contributed by atoms with E-state index in [1.165, 1.54) is 11.8 Å². The van der Waals surface area contributed by atoms with Crippen LogP contribution in [-0.2, 0) is 0 Å². The van der Waals surface area contributed by atoms with Crippen LogP contribution in [0.3, 0.4) is 0 Å². The lowest BCUT2D eigenvalue weighted by Gasteiger charge is -2.12. The van der Waals surface area contributed by atoms with Crippen LogP contribution in [0.25, 0.3) is 17.1 Å². The van der Waals surface area contributed by atoms with Crippen molar-refractivity contribution in [1.82, 2.24) is 14.8 Å². The van der Waals surface area contributed by atoms with E-state index < -0.39 is 0 Å². The van der Waals surface area contributed by atoms with Crippen molar-refractivity contribution in [3.05, 3.63) is 83.4 Å². The molecule has 33 heavy (non-hydrogen) atoms. The molecule has 4 aromatic rings. The topological polar surface area (TPSA) is 66.2 Å². The first kappa shape index (κ1) is 22.9. The average molecular weight is 480 g/mol. The van der Waals surface area contributed by atoms with E-state index in [1.807, 2.05) is 60.0 Å². The van der Waals surface area contributed by atoms with Crippen molar-refractivity contribution in [3.8, 4) is 28.6 Å². The molecule has 1 aromatic heterocycles. The predicted octanol–water partition coefficient (Wildman–Crippen LogP) is 5.97. The summed E-state index contributed by atoms with van der Waals surface area (Å²) in [5.74, 6) is 2.42. The molecule has 0 radical (unpaired) electrons. The van der Waals surface area contributed by atoms with Crippen LogP contribution in [0, 0.1) is 0 Å². The number of carbonyl (C=O) groups excluding carboxylic acids is 1. The molecule has 0 atom stereocenters. The number of rotatable bonds is 9. The van der Waals surface area contributed by atoms with Crippen molar-refractivity contribution in [1.29, 1.82) is 0 Å². The highest BCUT2D eigenvalue weighted by Gasteiger charge is 2.18. The summed E-state index contributed by atoms with van der Waals surface area (Å²) in [5.41, 5.74) is 2.36. The number of benzene rings is 3. The maximum absolute atomic E-state index is 12.7. The molecular weight excluding hydrogens is 458 g/mol. The molecule has 0 bridgehead atoms. The van der Waals surface area contributed by atoms with Crippen LogP contribution in [0.1, 0.15) is 17.3 Å². The van der Waals surface area contributed by atoms with Crippen LogP contribution in [0.5, 0.6) is 11.5 Å². The summed E-state index contributed by atoms with van der Waals surface area (Å²) in [6.45, 7) is 2.54. The SMILES string of the molecule is CCOc1ccc(-n2c(SCC(=O)c3ccc(Cl)cc3)nnc2-c2ccc(OC)cc2)cc1. The van der Waals surface area contributed by atoms with E-state index in [0.29, 0.717) is 28.2 Å². The van der Waals surface area contributed by atoms with Crippen molar-refractivity contribution < 1.29 is 14.3 Å². The first-order valence-electron chi connectivity index (χ1n) is 10.3. The molecular formula is C25H22ClN3O3S. The van der Waals surface area contributed by atoms with E-state index >= 15 is 0 Å². The first-order chi connectivity index (χ1) is 16.1. The average Bonchev–Trinajstić information content (AvgIpc) is 3.27. The van der Waals surface area contributed by atoms with E-state index in [9.17, 15) is 4.79 Å². The van der Waals surface area contributed by atoms with Crippen molar-refractivity contribution in [2.45, 2.75) is 12.1 Å². The van der Waals surface area contributed by atoms with Crippen LogP contribution in [0.2, 0.25) is 5.02 Å². The van der Waals surface area contributed by atoms with Gasteiger partial charge in [-0.15, -0.1) is 10.2 Å². The van der Waals surface area contributed by atoms with Gasteiger partial charge in [0.15, 0.2) is 16.8 Å². The van der Waals surface area contributed by atoms with Crippen LogP contribution < -0.4 is 9.47 Å². The van der Waals surface area contributed by atoms with E-state index in [-0.39, 0.29) is 11.5 Å². The first-order valence-corrected chi connectivity index (χ1v) is 11.7. The number of Topliss-reactive ketones (excluding diaryl/α,β-unsaturated/α-hetero) is 1. The third-order valence-electron chi connectivity index (χ3n) is 4.89. The molecule has 0 amide bonds. The molecule has 0 unspecified atom stereocenters. The number of ether oxygens (including phenoxy) is 2. The lowest BCUT2D eigenvalue weighted by molar-refractivity contribution is 0.102. The van der Waals surface area contributed by atoms with Gasteiger partial charge in [0, 0.05) is 21.8 Å². The Morgan fingerprint density at radius 1 is 0.939 bits per heavy atom. The summed E-state index contributed by atoms with van der Waals surface area (Å²) in [7, 11) is 1.63. The molecule has 168 valence electrons. The van der Waals surface area contributed by atoms with Gasteiger partial charge in [-0.1, -0.05) is 23.4 Å². The molecule has 0 aliphatic carbocycles. The zero-order valence-corrected chi connectivity index (χ0v) is 19.8. The summed E-state index contributed by atoms with van der Waals surface area (Å²) in [6, 6.07) is 22.2. The van der Waals surface area contributed by atoms with Crippen LogP contribution in [0.4, 0.5) is 0 Å². The molecule has 1 heterocycles. The van der Waals surface area contributed by atoms with Crippen molar-refractivity contribution in [2.24, 2.45) is 0 Å². The van der Waals surface area contributed by atoms with Gasteiger partial charge in [0.1, 0.15) is 11.5 Å². The van der Waals surface area contributed by atoms with Gasteiger partial charge in [0.05, 0.1) is 19.5 Å². The Balaban J connectivity index is 1.66. The number of hydrogen-bond acceptors (Lipinski definition) is 6. The molecule has 0 spiro atoms. The Morgan fingerprint density at radius 2 is 1.61 bits per heavy atom.